The Morgan fingerprint density at radius 2 is 2.35 bits per heavy atom. The molecule has 3 fully saturated rings. The molecule has 0 spiro atoms. The normalized spacial score (nSPS) is 30.7. The van der Waals surface area contributed by atoms with Crippen molar-refractivity contribution in [3.63, 3.8) is 0 Å². The lowest BCUT2D eigenvalue weighted by atomic mass is 9.86. The van der Waals surface area contributed by atoms with E-state index in [9.17, 15) is 14.4 Å². The van der Waals surface area contributed by atoms with E-state index in [1.54, 1.807) is 12.1 Å². The minimum atomic E-state index is -0.493. The second-order valence-electron chi connectivity index (χ2n) is 8.30. The number of pyridine rings is 1. The third kappa shape index (κ3) is 3.40. The van der Waals surface area contributed by atoms with Gasteiger partial charge in [0.2, 0.25) is 5.91 Å². The monoisotopic (exact) mass is 444 g/mol. The summed E-state index contributed by atoms with van der Waals surface area (Å²) < 4.78 is 20.3. The number of aromatic nitrogens is 1. The molecule has 10 heteroatoms. The molecule has 3 aliphatic rings. The smallest absolute Gasteiger partial charge is 0.228 e. The number of nitrogens with one attached hydrogen (secondary N) is 3. The molecule has 1 aromatic heterocycles. The van der Waals surface area contributed by atoms with Crippen LogP contribution >= 0.6 is 11.6 Å². The molecule has 4 atom stereocenters. The molecule has 0 radical (unpaired) electrons. The molecule has 3 saturated heterocycles. The molecule has 1 amide bonds. The zero-order valence-corrected chi connectivity index (χ0v) is 17.5. The minimum Gasteiger partial charge on any atom is -0.379 e. The van der Waals surface area contributed by atoms with Crippen LogP contribution in [0.25, 0.3) is 10.9 Å². The molecule has 5 rings (SSSR count). The van der Waals surface area contributed by atoms with E-state index in [0.717, 1.165) is 6.42 Å². The fourth-order valence-electron chi connectivity index (χ4n) is 5.02. The third-order valence-electron chi connectivity index (χ3n) is 6.49. The first kappa shape index (κ1) is 20.4. The minimum absolute atomic E-state index is 0.0734. The van der Waals surface area contributed by atoms with Crippen molar-refractivity contribution in [2.75, 3.05) is 25.1 Å². The summed E-state index contributed by atoms with van der Waals surface area (Å²) >= 11 is 6.25. The second-order valence-corrected chi connectivity index (χ2v) is 8.71. The largest absolute Gasteiger partial charge is 0.379 e. The van der Waals surface area contributed by atoms with Crippen LogP contribution in [0.4, 0.5) is 10.1 Å². The first-order valence-corrected chi connectivity index (χ1v) is 10.7. The Hall–Kier alpha value is -2.51. The average molecular weight is 445 g/mol. The van der Waals surface area contributed by atoms with Crippen molar-refractivity contribution < 1.29 is 13.9 Å². The molecule has 1 aromatic carbocycles. The van der Waals surface area contributed by atoms with Gasteiger partial charge in [0.1, 0.15) is 11.7 Å². The molecule has 8 nitrogen and oxygen atoms in total. The molecule has 3 N–H and O–H groups in total. The molecule has 0 saturated carbocycles. The van der Waals surface area contributed by atoms with Crippen LogP contribution in [-0.2, 0) is 9.53 Å². The Labute approximate surface area is 183 Å². The number of fused-ring (bicyclic) bond motifs is 2. The van der Waals surface area contributed by atoms with Crippen LogP contribution in [0.2, 0.25) is 5.02 Å². The van der Waals surface area contributed by atoms with Gasteiger partial charge in [-0.25, -0.2) is 14.8 Å². The number of benzene rings is 1. The summed E-state index contributed by atoms with van der Waals surface area (Å²) in [5.41, 5.74) is 3.62. The standard InChI is InChI=1S/C21H22ClFN6O2/c22-14-1-6-25-18-13(14)9-12(10-15(18)23)27-19-17-16(2-7-26-20(17)30)29(28-19)21(3-5-24)4-8-31-11-21/h1,6,9-10,16-17,19,27-28H,2-4,7-8,11H2,(H,26,30)/t16?,17?,19?,21-/m0/s1. The lowest BCUT2D eigenvalue weighted by Crippen LogP contribution is -2.59. The summed E-state index contributed by atoms with van der Waals surface area (Å²) in [6, 6.07) is 6.88. The van der Waals surface area contributed by atoms with Crippen LogP contribution in [0.3, 0.4) is 0 Å². The Kier molecular flexibility index (Phi) is 5.18. The van der Waals surface area contributed by atoms with Crippen molar-refractivity contribution >= 4 is 34.1 Å². The molecular formula is C21H22ClFN6O2. The summed E-state index contributed by atoms with van der Waals surface area (Å²) in [7, 11) is 0. The summed E-state index contributed by atoms with van der Waals surface area (Å²) in [4.78, 5) is 16.9. The van der Waals surface area contributed by atoms with Crippen LogP contribution in [0.1, 0.15) is 19.3 Å². The predicted molar refractivity (Wildman–Crippen MR) is 112 cm³/mol. The van der Waals surface area contributed by atoms with E-state index in [0.29, 0.717) is 48.7 Å². The zero-order valence-electron chi connectivity index (χ0n) is 16.7. The number of carbonyl (C=O) groups is 1. The maximum absolute atomic E-state index is 14.7. The van der Waals surface area contributed by atoms with Gasteiger partial charge in [-0.2, -0.15) is 5.26 Å². The second kappa shape index (κ2) is 7.88. The number of rotatable bonds is 4. The van der Waals surface area contributed by atoms with Gasteiger partial charge in [-0.3, -0.25) is 9.78 Å². The van der Waals surface area contributed by atoms with Crippen LogP contribution in [0.15, 0.2) is 24.4 Å². The van der Waals surface area contributed by atoms with E-state index in [-0.39, 0.29) is 17.5 Å². The van der Waals surface area contributed by atoms with Gasteiger partial charge in [0.25, 0.3) is 0 Å². The molecule has 4 heterocycles. The Bertz CT molecular complexity index is 1070. The fourth-order valence-corrected chi connectivity index (χ4v) is 5.22. The van der Waals surface area contributed by atoms with Crippen molar-refractivity contribution in [1.82, 2.24) is 20.7 Å². The summed E-state index contributed by atoms with van der Waals surface area (Å²) in [5, 5.41) is 18.6. The number of hydrogen-bond donors (Lipinski definition) is 3. The van der Waals surface area contributed by atoms with Crippen LogP contribution in [-0.4, -0.2) is 53.4 Å². The summed E-state index contributed by atoms with van der Waals surface area (Å²) in [5.74, 6) is -0.976. The number of anilines is 1. The highest BCUT2D eigenvalue weighted by molar-refractivity contribution is 6.35. The Balaban J connectivity index is 1.49. The number of piperidine rings is 1. The van der Waals surface area contributed by atoms with Crippen molar-refractivity contribution in [2.24, 2.45) is 5.92 Å². The van der Waals surface area contributed by atoms with Crippen LogP contribution < -0.4 is 16.1 Å². The number of hydrogen-bond acceptors (Lipinski definition) is 7. The van der Waals surface area contributed by atoms with Gasteiger partial charge >= 0.3 is 0 Å². The summed E-state index contributed by atoms with van der Waals surface area (Å²) in [6.45, 7) is 1.57. The Morgan fingerprint density at radius 3 is 3.13 bits per heavy atom. The summed E-state index contributed by atoms with van der Waals surface area (Å²) in [6.07, 6.45) is 2.73. The van der Waals surface area contributed by atoms with Gasteiger partial charge in [0.05, 0.1) is 35.6 Å². The molecule has 2 aromatic rings. The van der Waals surface area contributed by atoms with E-state index in [4.69, 9.17) is 16.3 Å². The first-order valence-electron chi connectivity index (χ1n) is 10.3. The van der Waals surface area contributed by atoms with Crippen molar-refractivity contribution in [3.05, 3.63) is 35.2 Å². The molecule has 0 aliphatic carbocycles. The number of carbonyl (C=O) groups excluding carboxylic acids is 1. The van der Waals surface area contributed by atoms with E-state index in [2.05, 4.69) is 32.1 Å². The van der Waals surface area contributed by atoms with Gasteiger partial charge in [-0.1, -0.05) is 11.6 Å². The zero-order chi connectivity index (χ0) is 21.6. The van der Waals surface area contributed by atoms with Crippen LogP contribution in [0, 0.1) is 23.1 Å². The van der Waals surface area contributed by atoms with Gasteiger partial charge in [0, 0.05) is 36.5 Å². The topological polar surface area (TPSA) is 102 Å². The maximum atomic E-state index is 14.7. The SMILES string of the molecule is N#CC[C@]1(N2NC(Nc3cc(F)c4nccc(Cl)c4c3)C3C(=O)NCCC32)CCOC1. The van der Waals surface area contributed by atoms with Crippen molar-refractivity contribution in [2.45, 2.75) is 37.0 Å². The molecule has 31 heavy (non-hydrogen) atoms. The van der Waals surface area contributed by atoms with Crippen LogP contribution in [0.5, 0.6) is 0 Å². The third-order valence-corrected chi connectivity index (χ3v) is 6.82. The molecular weight excluding hydrogens is 423 g/mol. The number of nitrogens with zero attached hydrogens (tertiary/aromatic N) is 3. The molecule has 3 unspecified atom stereocenters. The van der Waals surface area contributed by atoms with Gasteiger partial charge in [0.15, 0.2) is 5.82 Å². The van der Waals surface area contributed by atoms with E-state index < -0.39 is 23.4 Å². The lowest BCUT2D eigenvalue weighted by Gasteiger charge is -2.41. The first-order chi connectivity index (χ1) is 15.0. The van der Waals surface area contributed by atoms with Gasteiger partial charge < -0.3 is 15.4 Å². The molecule has 0 bridgehead atoms. The highest BCUT2D eigenvalue weighted by Gasteiger charge is 2.55. The molecule has 3 aliphatic heterocycles. The quantitative estimate of drug-likeness (QED) is 0.664. The van der Waals surface area contributed by atoms with Crippen molar-refractivity contribution in [3.8, 4) is 6.07 Å². The number of amides is 1. The number of hydrazine groups is 1. The highest BCUT2D eigenvalue weighted by Crippen LogP contribution is 2.39. The van der Waals surface area contributed by atoms with E-state index >= 15 is 0 Å². The number of nitriles is 1. The lowest BCUT2D eigenvalue weighted by molar-refractivity contribution is -0.128. The van der Waals surface area contributed by atoms with Gasteiger partial charge in [-0.15, -0.1) is 0 Å². The van der Waals surface area contributed by atoms with Crippen molar-refractivity contribution in [1.29, 1.82) is 5.26 Å². The predicted octanol–water partition coefficient (Wildman–Crippen LogP) is 2.16. The molecule has 162 valence electrons. The van der Waals surface area contributed by atoms with E-state index in [1.807, 2.05) is 0 Å². The van der Waals surface area contributed by atoms with E-state index in [1.165, 1.54) is 12.3 Å². The Morgan fingerprint density at radius 1 is 1.48 bits per heavy atom. The maximum Gasteiger partial charge on any atom is 0.228 e. The fraction of sp³-hybridized carbons (Fsp3) is 0.476. The van der Waals surface area contributed by atoms with Gasteiger partial charge in [-0.05, 0) is 31.0 Å². The highest BCUT2D eigenvalue weighted by atomic mass is 35.5. The average Bonchev–Trinajstić information content (AvgIpc) is 3.36. The number of halogens is 2. The number of ether oxygens (including phenoxy) is 1.